The summed E-state index contributed by atoms with van der Waals surface area (Å²) < 4.78 is 1.65. The molecule has 1 unspecified atom stereocenters. The van der Waals surface area contributed by atoms with Gasteiger partial charge in [-0.3, -0.25) is 9.48 Å². The van der Waals surface area contributed by atoms with E-state index in [4.69, 9.17) is 5.73 Å². The molecule has 1 aromatic rings. The van der Waals surface area contributed by atoms with Crippen molar-refractivity contribution >= 4 is 11.7 Å². The highest BCUT2D eigenvalue weighted by molar-refractivity contribution is 5.90. The summed E-state index contributed by atoms with van der Waals surface area (Å²) in [5.41, 5.74) is 5.85. The summed E-state index contributed by atoms with van der Waals surface area (Å²) in [7, 11) is 1.81. The molecular weight excluding hydrogens is 192 g/mol. The molecule has 1 aliphatic carbocycles. The first-order valence-electron chi connectivity index (χ1n) is 5.20. The van der Waals surface area contributed by atoms with Crippen molar-refractivity contribution in [3.63, 3.8) is 0 Å². The van der Waals surface area contributed by atoms with Crippen LogP contribution in [-0.2, 0) is 11.8 Å². The summed E-state index contributed by atoms with van der Waals surface area (Å²) in [4.78, 5) is 11.5. The smallest absolute Gasteiger partial charge is 0.227 e. The van der Waals surface area contributed by atoms with Gasteiger partial charge < -0.3 is 11.1 Å². The van der Waals surface area contributed by atoms with Crippen LogP contribution in [0.1, 0.15) is 19.3 Å². The van der Waals surface area contributed by atoms with Gasteiger partial charge in [0, 0.05) is 31.8 Å². The number of nitrogens with zero attached hydrogens (tertiary/aromatic N) is 2. The zero-order valence-electron chi connectivity index (χ0n) is 8.81. The number of anilines is 1. The number of nitrogens with two attached hydrogens (primary N) is 1. The van der Waals surface area contributed by atoms with Crippen molar-refractivity contribution in [2.75, 3.05) is 5.32 Å². The second kappa shape index (κ2) is 4.02. The fourth-order valence-corrected chi connectivity index (χ4v) is 1.58. The highest BCUT2D eigenvalue weighted by Gasteiger charge is 2.29. The minimum absolute atomic E-state index is 0.00807. The van der Waals surface area contributed by atoms with Crippen LogP contribution in [0.5, 0.6) is 0 Å². The Bertz CT molecular complexity index is 356. The molecule has 5 heteroatoms. The molecule has 1 saturated carbocycles. The second-order valence-corrected chi connectivity index (χ2v) is 4.13. The minimum Gasteiger partial charge on any atom is -0.327 e. The van der Waals surface area contributed by atoms with Gasteiger partial charge in [-0.2, -0.15) is 5.10 Å². The van der Waals surface area contributed by atoms with Crippen LogP contribution in [0.4, 0.5) is 5.82 Å². The third-order valence-electron chi connectivity index (χ3n) is 2.63. The van der Waals surface area contributed by atoms with E-state index in [0.717, 1.165) is 12.8 Å². The molecule has 0 spiro atoms. The van der Waals surface area contributed by atoms with Crippen LogP contribution in [0.25, 0.3) is 0 Å². The maximum absolute atomic E-state index is 11.5. The van der Waals surface area contributed by atoms with Gasteiger partial charge >= 0.3 is 0 Å². The number of rotatable bonds is 4. The summed E-state index contributed by atoms with van der Waals surface area (Å²) >= 11 is 0. The monoisotopic (exact) mass is 208 g/mol. The maximum atomic E-state index is 11.5. The largest absolute Gasteiger partial charge is 0.327 e. The molecule has 1 fully saturated rings. The lowest BCUT2D eigenvalue weighted by atomic mass is 10.1. The Balaban J connectivity index is 1.81. The molecule has 0 aromatic carbocycles. The van der Waals surface area contributed by atoms with Crippen LogP contribution in [-0.4, -0.2) is 21.7 Å². The topological polar surface area (TPSA) is 72.9 Å². The van der Waals surface area contributed by atoms with Gasteiger partial charge in [-0.25, -0.2) is 0 Å². The van der Waals surface area contributed by atoms with Crippen LogP contribution in [0, 0.1) is 5.92 Å². The SMILES string of the molecule is Cn1ccc(NC(=O)CC(N)C2CC2)n1. The van der Waals surface area contributed by atoms with Crippen molar-refractivity contribution in [3.8, 4) is 0 Å². The standard InChI is InChI=1S/C10H16N4O/c1-14-5-4-9(13-14)12-10(15)6-8(11)7-2-3-7/h4-5,7-8H,2-3,6,11H2,1H3,(H,12,13,15). The first kappa shape index (κ1) is 10.2. The van der Waals surface area contributed by atoms with E-state index in [9.17, 15) is 4.79 Å². The molecule has 15 heavy (non-hydrogen) atoms. The van der Waals surface area contributed by atoms with Crippen molar-refractivity contribution in [2.24, 2.45) is 18.7 Å². The average Bonchev–Trinajstić information content (AvgIpc) is 2.92. The number of hydrogen-bond donors (Lipinski definition) is 2. The van der Waals surface area contributed by atoms with Crippen LogP contribution in [0.2, 0.25) is 0 Å². The molecule has 1 aliphatic rings. The third-order valence-corrected chi connectivity index (χ3v) is 2.63. The minimum atomic E-state index is -0.0481. The Morgan fingerprint density at radius 2 is 2.53 bits per heavy atom. The molecule has 1 amide bonds. The Morgan fingerprint density at radius 3 is 3.07 bits per heavy atom. The van der Waals surface area contributed by atoms with Gasteiger partial charge in [0.15, 0.2) is 5.82 Å². The highest BCUT2D eigenvalue weighted by Crippen LogP contribution is 2.32. The highest BCUT2D eigenvalue weighted by atomic mass is 16.1. The first-order valence-corrected chi connectivity index (χ1v) is 5.20. The van der Waals surface area contributed by atoms with E-state index in [1.165, 1.54) is 0 Å². The van der Waals surface area contributed by atoms with E-state index < -0.39 is 0 Å². The maximum Gasteiger partial charge on any atom is 0.227 e. The lowest BCUT2D eigenvalue weighted by molar-refractivity contribution is -0.116. The lowest BCUT2D eigenvalue weighted by Crippen LogP contribution is -2.28. The molecule has 82 valence electrons. The van der Waals surface area contributed by atoms with E-state index in [-0.39, 0.29) is 11.9 Å². The summed E-state index contributed by atoms with van der Waals surface area (Å²) in [6.07, 6.45) is 4.51. The van der Waals surface area contributed by atoms with Crippen molar-refractivity contribution in [3.05, 3.63) is 12.3 Å². The molecular formula is C10H16N4O. The fourth-order valence-electron chi connectivity index (χ4n) is 1.58. The van der Waals surface area contributed by atoms with Crippen LogP contribution < -0.4 is 11.1 Å². The Kier molecular flexibility index (Phi) is 2.73. The number of amides is 1. The van der Waals surface area contributed by atoms with Gasteiger partial charge in [0.2, 0.25) is 5.91 Å². The summed E-state index contributed by atoms with van der Waals surface area (Å²) in [6.45, 7) is 0. The lowest BCUT2D eigenvalue weighted by Gasteiger charge is -2.08. The second-order valence-electron chi connectivity index (χ2n) is 4.13. The zero-order valence-corrected chi connectivity index (χ0v) is 8.81. The number of carbonyl (C=O) groups is 1. The molecule has 0 saturated heterocycles. The summed E-state index contributed by atoms with van der Waals surface area (Å²) in [6, 6.07) is 1.77. The van der Waals surface area contributed by atoms with Gasteiger partial charge in [0.1, 0.15) is 0 Å². The number of nitrogens with one attached hydrogen (secondary N) is 1. The predicted octanol–water partition coefficient (Wildman–Crippen LogP) is 0.486. The van der Waals surface area contributed by atoms with E-state index in [0.29, 0.717) is 18.2 Å². The van der Waals surface area contributed by atoms with Crippen molar-refractivity contribution in [2.45, 2.75) is 25.3 Å². The van der Waals surface area contributed by atoms with Crippen LogP contribution >= 0.6 is 0 Å². The first-order chi connectivity index (χ1) is 7.15. The van der Waals surface area contributed by atoms with Crippen molar-refractivity contribution in [1.82, 2.24) is 9.78 Å². The molecule has 0 radical (unpaired) electrons. The van der Waals surface area contributed by atoms with Crippen molar-refractivity contribution < 1.29 is 4.79 Å². The van der Waals surface area contributed by atoms with E-state index in [1.54, 1.807) is 16.9 Å². The number of aromatic nitrogens is 2. The number of aryl methyl sites for hydroxylation is 1. The molecule has 1 aromatic heterocycles. The van der Waals surface area contributed by atoms with E-state index in [2.05, 4.69) is 10.4 Å². The molecule has 0 aliphatic heterocycles. The molecule has 1 heterocycles. The average molecular weight is 208 g/mol. The Morgan fingerprint density at radius 1 is 1.80 bits per heavy atom. The third kappa shape index (κ3) is 2.79. The zero-order chi connectivity index (χ0) is 10.8. The van der Waals surface area contributed by atoms with Crippen molar-refractivity contribution in [1.29, 1.82) is 0 Å². The summed E-state index contributed by atoms with van der Waals surface area (Å²) in [5.74, 6) is 1.10. The summed E-state index contributed by atoms with van der Waals surface area (Å²) in [5, 5.41) is 6.79. The van der Waals surface area contributed by atoms with Gasteiger partial charge in [-0.15, -0.1) is 0 Å². The number of carbonyl (C=O) groups excluding carboxylic acids is 1. The predicted molar refractivity (Wildman–Crippen MR) is 57.2 cm³/mol. The molecule has 3 N–H and O–H groups in total. The number of hydrogen-bond acceptors (Lipinski definition) is 3. The van der Waals surface area contributed by atoms with Crippen LogP contribution in [0.15, 0.2) is 12.3 Å². The molecule has 5 nitrogen and oxygen atoms in total. The van der Waals surface area contributed by atoms with Gasteiger partial charge in [0.25, 0.3) is 0 Å². The van der Waals surface area contributed by atoms with Gasteiger partial charge in [-0.1, -0.05) is 0 Å². The van der Waals surface area contributed by atoms with Gasteiger partial charge in [-0.05, 0) is 18.8 Å². The Hall–Kier alpha value is -1.36. The Labute approximate surface area is 88.6 Å². The molecule has 1 atom stereocenters. The normalized spacial score (nSPS) is 17.5. The van der Waals surface area contributed by atoms with E-state index in [1.807, 2.05) is 7.05 Å². The molecule has 2 rings (SSSR count). The molecule has 0 bridgehead atoms. The van der Waals surface area contributed by atoms with Crippen LogP contribution in [0.3, 0.4) is 0 Å². The van der Waals surface area contributed by atoms with E-state index >= 15 is 0 Å². The quantitative estimate of drug-likeness (QED) is 0.756. The van der Waals surface area contributed by atoms with Gasteiger partial charge in [0.05, 0.1) is 0 Å². The fraction of sp³-hybridized carbons (Fsp3) is 0.600.